The number of ether oxygens (including phenoxy) is 1. The third kappa shape index (κ3) is 4.91. The van der Waals surface area contributed by atoms with Crippen molar-refractivity contribution in [3.8, 4) is 0 Å². The third-order valence-electron chi connectivity index (χ3n) is 4.44. The number of carbonyl (C=O) groups is 1. The summed E-state index contributed by atoms with van der Waals surface area (Å²) in [6.07, 6.45) is 8.81. The number of methoxy groups -OCH3 is 1. The van der Waals surface area contributed by atoms with Crippen LogP contribution in [0.15, 0.2) is 0 Å². The molecule has 0 radical (unpaired) electrons. The molecule has 0 spiro atoms. The van der Waals surface area contributed by atoms with Crippen molar-refractivity contribution in [2.24, 2.45) is 0 Å². The van der Waals surface area contributed by atoms with Crippen molar-refractivity contribution in [1.82, 2.24) is 5.32 Å². The Balaban J connectivity index is 2.02. The summed E-state index contributed by atoms with van der Waals surface area (Å²) in [4.78, 5) is 13.1. The molecule has 0 aromatic carbocycles. The fraction of sp³-hybridized carbons (Fsp3) is 0.647. The zero-order valence-electron chi connectivity index (χ0n) is 14.2. The summed E-state index contributed by atoms with van der Waals surface area (Å²) in [7, 11) is 1.41. The Kier molecular flexibility index (Phi) is 6.84. The van der Waals surface area contributed by atoms with E-state index in [9.17, 15) is 4.79 Å². The Hall–Kier alpha value is -1.14. The summed E-state index contributed by atoms with van der Waals surface area (Å²) in [5, 5.41) is 8.00. The average Bonchev–Trinajstić information content (AvgIpc) is 2.75. The van der Waals surface area contributed by atoms with Crippen LogP contribution in [0.4, 0.5) is 5.00 Å². The Morgan fingerprint density at radius 3 is 2.39 bits per heavy atom. The number of aryl methyl sites for hydroxylation is 1. The summed E-state index contributed by atoms with van der Waals surface area (Å²) in [5.74, 6) is -0.317. The van der Waals surface area contributed by atoms with Gasteiger partial charge in [-0.15, -0.1) is 11.3 Å². The van der Waals surface area contributed by atoms with Crippen molar-refractivity contribution in [2.75, 3.05) is 12.4 Å². The molecular formula is C17H26N2O2S2. The van der Waals surface area contributed by atoms with Crippen LogP contribution in [0.1, 0.15) is 65.7 Å². The quantitative estimate of drug-likeness (QED) is 0.616. The normalized spacial score (nSPS) is 16.3. The topological polar surface area (TPSA) is 50.4 Å². The van der Waals surface area contributed by atoms with Gasteiger partial charge in [0.2, 0.25) is 0 Å². The number of hydrogen-bond donors (Lipinski definition) is 2. The standard InChI is InChI=1S/C17H26N2O2S2/c1-11-12(2)23-15(14(11)16(20)21-3)19-17(22)18-13-9-7-5-4-6-8-10-13/h13H,4-10H2,1-3H3,(H2,18,19,22). The minimum absolute atomic E-state index is 0.317. The first kappa shape index (κ1) is 18.2. The molecule has 1 saturated carbocycles. The second kappa shape index (κ2) is 8.64. The molecule has 6 heteroatoms. The van der Waals surface area contributed by atoms with E-state index >= 15 is 0 Å². The smallest absolute Gasteiger partial charge is 0.341 e. The van der Waals surface area contributed by atoms with Crippen LogP contribution in [-0.2, 0) is 4.74 Å². The zero-order valence-corrected chi connectivity index (χ0v) is 15.8. The number of rotatable bonds is 3. The first-order valence-electron chi connectivity index (χ1n) is 8.28. The second-order valence-electron chi connectivity index (χ2n) is 6.12. The van der Waals surface area contributed by atoms with Crippen molar-refractivity contribution < 1.29 is 9.53 Å². The molecule has 2 rings (SSSR count). The predicted molar refractivity (Wildman–Crippen MR) is 101 cm³/mol. The second-order valence-corrected chi connectivity index (χ2v) is 7.75. The van der Waals surface area contributed by atoms with E-state index < -0.39 is 0 Å². The largest absolute Gasteiger partial charge is 0.465 e. The fourth-order valence-electron chi connectivity index (χ4n) is 2.99. The van der Waals surface area contributed by atoms with Crippen molar-refractivity contribution in [2.45, 2.75) is 64.8 Å². The first-order chi connectivity index (χ1) is 11.0. The molecule has 1 aromatic rings. The molecule has 0 unspecified atom stereocenters. The minimum atomic E-state index is -0.317. The Labute approximate surface area is 148 Å². The van der Waals surface area contributed by atoms with Gasteiger partial charge in [0.15, 0.2) is 5.11 Å². The maximum Gasteiger partial charge on any atom is 0.341 e. The summed E-state index contributed by atoms with van der Waals surface area (Å²) in [6, 6.07) is 0.430. The fourth-order valence-corrected chi connectivity index (χ4v) is 4.37. The van der Waals surface area contributed by atoms with Gasteiger partial charge in [-0.2, -0.15) is 0 Å². The Bertz CT molecular complexity index is 561. The van der Waals surface area contributed by atoms with E-state index in [4.69, 9.17) is 17.0 Å². The number of thiophene rings is 1. The van der Waals surface area contributed by atoms with Crippen molar-refractivity contribution in [1.29, 1.82) is 0 Å². The lowest BCUT2D eigenvalue weighted by molar-refractivity contribution is 0.0601. The van der Waals surface area contributed by atoms with Crippen molar-refractivity contribution >= 4 is 39.6 Å². The maximum absolute atomic E-state index is 12.0. The summed E-state index contributed by atoms with van der Waals surface area (Å²) in [6.45, 7) is 3.94. The highest BCUT2D eigenvalue weighted by Crippen LogP contribution is 2.33. The lowest BCUT2D eigenvalue weighted by Crippen LogP contribution is -2.38. The number of esters is 1. The molecule has 0 aliphatic heterocycles. The van der Waals surface area contributed by atoms with Crippen LogP contribution >= 0.6 is 23.6 Å². The predicted octanol–water partition coefficient (Wildman–Crippen LogP) is 4.55. The zero-order chi connectivity index (χ0) is 16.8. The molecule has 128 valence electrons. The van der Waals surface area contributed by atoms with Gasteiger partial charge in [-0.1, -0.05) is 32.1 Å². The number of thiocarbonyl (C=S) groups is 1. The van der Waals surface area contributed by atoms with E-state index in [1.807, 2.05) is 13.8 Å². The molecule has 0 amide bonds. The molecule has 0 saturated heterocycles. The number of carbonyl (C=O) groups excluding carboxylic acids is 1. The van der Waals surface area contributed by atoms with Gasteiger partial charge in [0.25, 0.3) is 0 Å². The SMILES string of the molecule is COC(=O)c1c(NC(=S)NC2CCCCCCC2)sc(C)c1C. The lowest BCUT2D eigenvalue weighted by atomic mass is 9.97. The van der Waals surface area contributed by atoms with Crippen LogP contribution < -0.4 is 10.6 Å². The van der Waals surface area contributed by atoms with E-state index in [0.717, 1.165) is 28.3 Å². The van der Waals surface area contributed by atoms with Gasteiger partial charge in [0.05, 0.1) is 12.7 Å². The van der Waals surface area contributed by atoms with Crippen LogP contribution in [0.3, 0.4) is 0 Å². The summed E-state index contributed by atoms with van der Waals surface area (Å²) >= 11 is 7.01. The molecule has 1 aromatic heterocycles. The van der Waals surface area contributed by atoms with Gasteiger partial charge in [0.1, 0.15) is 5.00 Å². The molecule has 1 aliphatic rings. The summed E-state index contributed by atoms with van der Waals surface area (Å²) < 4.78 is 4.90. The van der Waals surface area contributed by atoms with Gasteiger partial charge in [-0.3, -0.25) is 0 Å². The van der Waals surface area contributed by atoms with Gasteiger partial charge < -0.3 is 15.4 Å². The van der Waals surface area contributed by atoms with E-state index in [2.05, 4.69) is 10.6 Å². The van der Waals surface area contributed by atoms with Crippen LogP contribution in [0.5, 0.6) is 0 Å². The Morgan fingerprint density at radius 1 is 1.17 bits per heavy atom. The molecule has 0 bridgehead atoms. The lowest BCUT2D eigenvalue weighted by Gasteiger charge is -2.22. The highest BCUT2D eigenvalue weighted by molar-refractivity contribution is 7.80. The number of hydrogen-bond acceptors (Lipinski definition) is 4. The van der Waals surface area contributed by atoms with E-state index in [1.54, 1.807) is 11.3 Å². The number of nitrogens with one attached hydrogen (secondary N) is 2. The molecule has 2 N–H and O–H groups in total. The maximum atomic E-state index is 12.0. The van der Waals surface area contributed by atoms with E-state index in [-0.39, 0.29) is 5.97 Å². The van der Waals surface area contributed by atoms with Gasteiger partial charge in [-0.25, -0.2) is 4.79 Å². The van der Waals surface area contributed by atoms with Crippen LogP contribution in [0, 0.1) is 13.8 Å². The number of anilines is 1. The average molecular weight is 355 g/mol. The van der Waals surface area contributed by atoms with E-state index in [1.165, 1.54) is 39.2 Å². The van der Waals surface area contributed by atoms with Crippen LogP contribution in [-0.4, -0.2) is 24.2 Å². The third-order valence-corrected chi connectivity index (χ3v) is 5.78. The molecule has 1 fully saturated rings. The van der Waals surface area contributed by atoms with Gasteiger partial charge >= 0.3 is 5.97 Å². The van der Waals surface area contributed by atoms with Crippen LogP contribution in [0.25, 0.3) is 0 Å². The Morgan fingerprint density at radius 2 is 1.78 bits per heavy atom. The van der Waals surface area contributed by atoms with Gasteiger partial charge in [0, 0.05) is 10.9 Å². The first-order valence-corrected chi connectivity index (χ1v) is 9.51. The highest BCUT2D eigenvalue weighted by Gasteiger charge is 2.21. The summed E-state index contributed by atoms with van der Waals surface area (Å²) in [5.41, 5.74) is 1.55. The molecule has 0 atom stereocenters. The molecule has 4 nitrogen and oxygen atoms in total. The highest BCUT2D eigenvalue weighted by atomic mass is 32.1. The van der Waals surface area contributed by atoms with Gasteiger partial charge in [-0.05, 0) is 44.5 Å². The molecule has 1 aliphatic carbocycles. The van der Waals surface area contributed by atoms with Crippen molar-refractivity contribution in [3.63, 3.8) is 0 Å². The van der Waals surface area contributed by atoms with Crippen LogP contribution in [0.2, 0.25) is 0 Å². The molecule has 1 heterocycles. The van der Waals surface area contributed by atoms with E-state index in [0.29, 0.717) is 16.7 Å². The van der Waals surface area contributed by atoms with Crippen molar-refractivity contribution in [3.05, 3.63) is 16.0 Å². The molecular weight excluding hydrogens is 328 g/mol. The molecule has 23 heavy (non-hydrogen) atoms. The minimum Gasteiger partial charge on any atom is -0.465 e. The monoisotopic (exact) mass is 354 g/mol.